The maximum Gasteiger partial charge on any atom is 0.277 e. The highest BCUT2D eigenvalue weighted by Gasteiger charge is 2.37. The first-order chi connectivity index (χ1) is 16.0. The number of hydrogen-bond donors (Lipinski definition) is 1. The molecule has 2 aromatic carbocycles. The quantitative estimate of drug-likeness (QED) is 0.580. The summed E-state index contributed by atoms with van der Waals surface area (Å²) >= 11 is 0. The number of rotatable bonds is 1. The lowest BCUT2D eigenvalue weighted by atomic mass is 9.96. The summed E-state index contributed by atoms with van der Waals surface area (Å²) in [6.07, 6.45) is 5.76. The van der Waals surface area contributed by atoms with Crippen LogP contribution in [0.15, 0.2) is 77.7 Å². The Bertz CT molecular complexity index is 1290. The molecule has 0 spiro atoms. The average Bonchev–Trinajstić information content (AvgIpc) is 2.81. The lowest BCUT2D eigenvalue weighted by Gasteiger charge is -2.44. The van der Waals surface area contributed by atoms with Gasteiger partial charge < -0.3 is 14.7 Å². The third-order valence-corrected chi connectivity index (χ3v) is 5.89. The van der Waals surface area contributed by atoms with Gasteiger partial charge in [0.2, 0.25) is 5.43 Å². The van der Waals surface area contributed by atoms with Crippen LogP contribution in [0.5, 0.6) is 11.5 Å². The van der Waals surface area contributed by atoms with Crippen LogP contribution < -0.4 is 15.2 Å². The smallest absolute Gasteiger partial charge is 0.277 e. The molecule has 1 amide bonds. The van der Waals surface area contributed by atoms with Gasteiger partial charge in [-0.25, -0.2) is 4.39 Å². The molecule has 1 atom stereocenters. The van der Waals surface area contributed by atoms with E-state index in [-0.39, 0.29) is 19.0 Å². The van der Waals surface area contributed by atoms with Crippen molar-refractivity contribution >= 4 is 5.91 Å². The van der Waals surface area contributed by atoms with Crippen molar-refractivity contribution in [2.75, 3.05) is 24.8 Å². The maximum absolute atomic E-state index is 14.2. The van der Waals surface area contributed by atoms with Gasteiger partial charge in [0.25, 0.3) is 5.91 Å². The maximum atomic E-state index is 14.2. The molecule has 3 heterocycles. The second-order valence-corrected chi connectivity index (χ2v) is 7.94. The van der Waals surface area contributed by atoms with Crippen molar-refractivity contribution in [1.29, 1.82) is 0 Å². The number of ether oxygens (including phenoxy) is 1. The standard InChI is InChI=1S/C25H22FN3O4/c26-18-9-10-19-21(15-18)33-14-6-2-5-12-27-16-29(22(19)17-7-3-1-4-8-17)28-13-11-20(30)24(31)23(28)25(27)32/h1-4,6-11,13,15,22,31H,5,12,14,16H2/b6-2-/t22-/m0/s1. The Kier molecular flexibility index (Phi) is 5.34. The molecule has 2 bridgehead atoms. The van der Waals surface area contributed by atoms with Crippen molar-refractivity contribution in [2.45, 2.75) is 12.5 Å². The SMILES string of the molecule is O=C1c2c(O)c(=O)ccn2N2CN1CC/C=C\COc1cc(F)ccc1[C@@H]2c1ccccc1. The van der Waals surface area contributed by atoms with Gasteiger partial charge in [-0.05, 0) is 24.1 Å². The van der Waals surface area contributed by atoms with Crippen LogP contribution in [0.25, 0.3) is 0 Å². The van der Waals surface area contributed by atoms with E-state index in [1.165, 1.54) is 29.1 Å². The van der Waals surface area contributed by atoms with Crippen LogP contribution in [0.4, 0.5) is 4.39 Å². The molecule has 33 heavy (non-hydrogen) atoms. The minimum absolute atomic E-state index is 0.0969. The minimum Gasteiger partial charge on any atom is -0.502 e. The Morgan fingerprint density at radius 1 is 1.03 bits per heavy atom. The highest BCUT2D eigenvalue weighted by atomic mass is 19.1. The van der Waals surface area contributed by atoms with Gasteiger partial charge in [0, 0.05) is 30.4 Å². The Morgan fingerprint density at radius 2 is 1.85 bits per heavy atom. The molecule has 2 aliphatic heterocycles. The number of pyridine rings is 1. The summed E-state index contributed by atoms with van der Waals surface area (Å²) in [7, 11) is 0. The van der Waals surface area contributed by atoms with Crippen LogP contribution in [0.1, 0.15) is 34.1 Å². The van der Waals surface area contributed by atoms with Crippen molar-refractivity contribution in [2.24, 2.45) is 0 Å². The largest absolute Gasteiger partial charge is 0.502 e. The van der Waals surface area contributed by atoms with E-state index >= 15 is 0 Å². The van der Waals surface area contributed by atoms with Crippen LogP contribution >= 0.6 is 0 Å². The fourth-order valence-electron chi connectivity index (χ4n) is 4.33. The number of nitrogens with zero attached hydrogens (tertiary/aromatic N) is 3. The number of aromatic nitrogens is 1. The Hall–Kier alpha value is -4.07. The number of hydrogen-bond acceptors (Lipinski definition) is 5. The van der Waals surface area contributed by atoms with Gasteiger partial charge in [0.1, 0.15) is 30.9 Å². The van der Waals surface area contributed by atoms with Gasteiger partial charge in [0.15, 0.2) is 11.4 Å². The molecule has 0 aliphatic carbocycles. The molecule has 8 heteroatoms. The van der Waals surface area contributed by atoms with Gasteiger partial charge in [-0.15, -0.1) is 0 Å². The Balaban J connectivity index is 1.79. The molecule has 5 rings (SSSR count). The van der Waals surface area contributed by atoms with Crippen molar-refractivity contribution in [3.05, 3.63) is 106 Å². The number of fused-ring (bicyclic) bond motifs is 5. The molecule has 0 saturated heterocycles. The number of benzene rings is 2. The summed E-state index contributed by atoms with van der Waals surface area (Å²) in [6.45, 7) is 0.848. The highest BCUT2D eigenvalue weighted by Crippen LogP contribution is 2.37. The summed E-state index contributed by atoms with van der Waals surface area (Å²) in [6, 6.07) is 14.7. The van der Waals surface area contributed by atoms with Gasteiger partial charge >= 0.3 is 0 Å². The van der Waals surface area contributed by atoms with E-state index in [2.05, 4.69) is 0 Å². The number of carbonyl (C=O) groups excluding carboxylic acids is 1. The number of amides is 1. The zero-order valence-corrected chi connectivity index (χ0v) is 17.7. The summed E-state index contributed by atoms with van der Waals surface area (Å²) in [4.78, 5) is 27.0. The van der Waals surface area contributed by atoms with Crippen molar-refractivity contribution in [3.8, 4) is 11.5 Å². The number of aromatic hydroxyl groups is 1. The fraction of sp³-hybridized carbons (Fsp3) is 0.200. The highest BCUT2D eigenvalue weighted by molar-refractivity contribution is 5.96. The summed E-state index contributed by atoms with van der Waals surface area (Å²) in [5, 5.41) is 12.4. The zero-order chi connectivity index (χ0) is 22.9. The molecule has 1 N–H and O–H groups in total. The van der Waals surface area contributed by atoms with Crippen molar-refractivity contribution in [1.82, 2.24) is 9.58 Å². The van der Waals surface area contributed by atoms with E-state index in [9.17, 15) is 19.1 Å². The second kappa shape index (κ2) is 8.46. The van der Waals surface area contributed by atoms with Crippen LogP contribution in [0.2, 0.25) is 0 Å². The van der Waals surface area contributed by atoms with Crippen LogP contribution in [0, 0.1) is 5.82 Å². The zero-order valence-electron chi connectivity index (χ0n) is 17.7. The summed E-state index contributed by atoms with van der Waals surface area (Å²) < 4.78 is 21.6. The van der Waals surface area contributed by atoms with Crippen LogP contribution in [-0.2, 0) is 0 Å². The van der Waals surface area contributed by atoms with Gasteiger partial charge in [-0.2, -0.15) is 0 Å². The molecule has 2 aliphatic rings. The van der Waals surface area contributed by atoms with Crippen molar-refractivity contribution < 1.29 is 19.0 Å². The summed E-state index contributed by atoms with van der Waals surface area (Å²) in [5.74, 6) is -1.06. The molecule has 0 radical (unpaired) electrons. The predicted octanol–water partition coefficient (Wildman–Crippen LogP) is 3.17. The lowest BCUT2D eigenvalue weighted by molar-refractivity contribution is 0.0682. The van der Waals surface area contributed by atoms with Crippen molar-refractivity contribution in [3.63, 3.8) is 0 Å². The molecule has 3 aromatic rings. The van der Waals surface area contributed by atoms with E-state index in [1.807, 2.05) is 47.5 Å². The van der Waals surface area contributed by atoms with Crippen LogP contribution in [0.3, 0.4) is 0 Å². The second-order valence-electron chi connectivity index (χ2n) is 7.94. The van der Waals surface area contributed by atoms with Gasteiger partial charge in [-0.1, -0.05) is 42.5 Å². The Labute approximate surface area is 189 Å². The molecule has 168 valence electrons. The number of carbonyl (C=O) groups is 1. The Morgan fingerprint density at radius 3 is 2.67 bits per heavy atom. The topological polar surface area (TPSA) is 75.0 Å². The van der Waals surface area contributed by atoms with Crippen LogP contribution in [-0.4, -0.2) is 40.4 Å². The average molecular weight is 447 g/mol. The van der Waals surface area contributed by atoms with E-state index in [0.29, 0.717) is 24.3 Å². The number of halogens is 1. The molecule has 7 nitrogen and oxygen atoms in total. The fourth-order valence-corrected chi connectivity index (χ4v) is 4.33. The first-order valence-corrected chi connectivity index (χ1v) is 10.7. The third kappa shape index (κ3) is 3.73. The van der Waals surface area contributed by atoms with E-state index < -0.39 is 28.9 Å². The monoisotopic (exact) mass is 447 g/mol. The molecule has 0 saturated carbocycles. The molecular formula is C25H22FN3O4. The predicted molar refractivity (Wildman–Crippen MR) is 120 cm³/mol. The molecule has 1 aromatic heterocycles. The summed E-state index contributed by atoms with van der Waals surface area (Å²) in [5.41, 5.74) is 0.842. The van der Waals surface area contributed by atoms with Gasteiger partial charge in [-0.3, -0.25) is 19.3 Å². The van der Waals surface area contributed by atoms with E-state index in [1.54, 1.807) is 11.0 Å². The van der Waals surface area contributed by atoms with E-state index in [4.69, 9.17) is 4.74 Å². The first kappa shape index (κ1) is 20.8. The normalized spacial score (nSPS) is 18.9. The first-order valence-electron chi connectivity index (χ1n) is 10.7. The molecule has 0 unspecified atom stereocenters. The van der Waals surface area contributed by atoms with E-state index in [0.717, 1.165) is 5.56 Å². The third-order valence-electron chi connectivity index (χ3n) is 5.89. The molecule has 0 fully saturated rings. The minimum atomic E-state index is -0.625. The van der Waals surface area contributed by atoms with Gasteiger partial charge in [0.05, 0.1) is 0 Å². The molecular weight excluding hydrogens is 425 g/mol. The lowest BCUT2D eigenvalue weighted by Crippen LogP contribution is -2.55.